The Morgan fingerprint density at radius 1 is 1.71 bits per heavy atom. The van der Waals surface area contributed by atoms with Gasteiger partial charge >= 0.3 is 0 Å². The van der Waals surface area contributed by atoms with Crippen LogP contribution in [-0.4, -0.2) is 5.78 Å². The van der Waals surface area contributed by atoms with Gasteiger partial charge in [-0.05, 0) is 20.0 Å². The van der Waals surface area contributed by atoms with Crippen LogP contribution in [0.3, 0.4) is 0 Å². The number of hydrogen-bond acceptors (Lipinski definition) is 2. The third-order valence-corrected chi connectivity index (χ3v) is 0. The first-order valence-corrected chi connectivity index (χ1v) is 1.95. The van der Waals surface area contributed by atoms with Crippen molar-refractivity contribution in [1.82, 2.24) is 0 Å². The highest BCUT2D eigenvalue weighted by Crippen LogP contribution is 1.50. The third-order valence-electron chi connectivity index (χ3n) is 0. The van der Waals surface area contributed by atoms with Crippen molar-refractivity contribution in [3.63, 3.8) is 0 Å². The molecule has 0 aromatic carbocycles. The number of nitrogens with two attached hydrogens (primary N) is 1. The number of Topliss-reactive ketones (excluding diaryl/α,β-unsaturated/α-hetero) is 1. The van der Waals surface area contributed by atoms with Gasteiger partial charge in [-0.3, -0.25) is 0 Å². The molecule has 0 radical (unpaired) electrons. The predicted octanol–water partition coefficient (Wildman–Crippen LogP) is 0.684. The van der Waals surface area contributed by atoms with Crippen LogP contribution in [0.15, 0.2) is 12.8 Å². The van der Waals surface area contributed by atoms with Crippen LogP contribution in [0.5, 0.6) is 0 Å². The van der Waals surface area contributed by atoms with Crippen molar-refractivity contribution in [1.29, 1.82) is 0 Å². The molecule has 0 aromatic heterocycles. The maximum Gasteiger partial charge on any atom is 0.126 e. The summed E-state index contributed by atoms with van der Waals surface area (Å²) < 4.78 is 0. The number of ketones is 1. The summed E-state index contributed by atoms with van der Waals surface area (Å²) in [7, 11) is 0. The zero-order valence-corrected chi connectivity index (χ0v) is 4.77. The minimum atomic E-state index is 0.167. The summed E-state index contributed by atoms with van der Waals surface area (Å²) in [5, 5.41) is 0. The van der Waals surface area contributed by atoms with E-state index in [0.29, 0.717) is 0 Å². The van der Waals surface area contributed by atoms with Crippen molar-refractivity contribution in [2.75, 3.05) is 0 Å². The second kappa shape index (κ2) is 8.96. The zero-order chi connectivity index (χ0) is 6.28. The quantitative estimate of drug-likeness (QED) is 0.487. The van der Waals surface area contributed by atoms with E-state index < -0.39 is 0 Å². The molecule has 0 bridgehead atoms. The minimum Gasteiger partial charge on any atom is -0.405 e. The summed E-state index contributed by atoms with van der Waals surface area (Å²) in [5.41, 5.74) is 4.61. The Morgan fingerprint density at radius 2 is 1.71 bits per heavy atom. The lowest BCUT2D eigenvalue weighted by Gasteiger charge is -1.56. The van der Waals surface area contributed by atoms with E-state index >= 15 is 0 Å². The van der Waals surface area contributed by atoms with Crippen LogP contribution in [0.4, 0.5) is 0 Å². The largest absolute Gasteiger partial charge is 0.405 e. The summed E-state index contributed by atoms with van der Waals surface area (Å²) in [6, 6.07) is 0. The Bertz CT molecular complexity index is 55.1. The Balaban J connectivity index is 0. The Kier molecular flexibility index (Phi) is 12.2. The van der Waals surface area contributed by atoms with Crippen LogP contribution in [0.2, 0.25) is 0 Å². The number of rotatable bonds is 0. The van der Waals surface area contributed by atoms with Gasteiger partial charge in [-0.15, -0.1) is 0 Å². The minimum absolute atomic E-state index is 0.167. The van der Waals surface area contributed by atoms with Gasteiger partial charge in [0.15, 0.2) is 0 Å². The zero-order valence-electron chi connectivity index (χ0n) is 4.77. The van der Waals surface area contributed by atoms with Gasteiger partial charge in [0.05, 0.1) is 0 Å². The molecule has 0 aliphatic carbocycles. The average molecular weight is 101 g/mol. The topological polar surface area (TPSA) is 43.1 Å². The molecule has 2 N–H and O–H groups in total. The number of carbonyl (C=O) groups is 1. The van der Waals surface area contributed by atoms with Crippen LogP contribution in [0, 0.1) is 0 Å². The van der Waals surface area contributed by atoms with Crippen molar-refractivity contribution >= 4 is 5.78 Å². The van der Waals surface area contributed by atoms with Crippen LogP contribution in [-0.2, 0) is 4.79 Å². The maximum atomic E-state index is 9.44. The van der Waals surface area contributed by atoms with Gasteiger partial charge in [0.25, 0.3) is 0 Å². The highest BCUT2D eigenvalue weighted by atomic mass is 16.1. The van der Waals surface area contributed by atoms with Crippen molar-refractivity contribution in [2.24, 2.45) is 5.73 Å². The fraction of sp³-hybridized carbons (Fsp3) is 0.400. The van der Waals surface area contributed by atoms with Crippen molar-refractivity contribution in [2.45, 2.75) is 13.8 Å². The lowest BCUT2D eigenvalue weighted by atomic mass is 10.6. The van der Waals surface area contributed by atoms with Crippen LogP contribution in [0.25, 0.3) is 0 Å². The molecular formula is C5H11NO. The molecule has 0 aliphatic rings. The van der Waals surface area contributed by atoms with Crippen LogP contribution >= 0.6 is 0 Å². The molecule has 2 nitrogen and oxygen atoms in total. The van der Waals surface area contributed by atoms with E-state index in [1.807, 2.05) is 0 Å². The fourth-order valence-corrected chi connectivity index (χ4v) is 0. The van der Waals surface area contributed by atoms with Crippen molar-refractivity contribution in [3.05, 3.63) is 12.8 Å². The summed E-state index contributed by atoms with van der Waals surface area (Å²) in [5.74, 6) is 0.167. The predicted molar refractivity (Wildman–Crippen MR) is 30.7 cm³/mol. The molecule has 0 heterocycles. The molecule has 7 heavy (non-hydrogen) atoms. The van der Waals surface area contributed by atoms with Gasteiger partial charge in [-0.25, -0.2) is 0 Å². The highest BCUT2D eigenvalue weighted by molar-refractivity contribution is 5.72. The molecule has 0 rings (SSSR count). The van der Waals surface area contributed by atoms with Crippen LogP contribution in [0.1, 0.15) is 13.8 Å². The van der Waals surface area contributed by atoms with E-state index in [0.717, 1.165) is 0 Å². The van der Waals surface area contributed by atoms with Crippen LogP contribution < -0.4 is 5.73 Å². The summed E-state index contributed by atoms with van der Waals surface area (Å²) in [6.45, 7) is 6.19. The number of hydrogen-bond donors (Lipinski definition) is 1. The fourth-order valence-electron chi connectivity index (χ4n) is 0. The van der Waals surface area contributed by atoms with Gasteiger partial charge in [-0.2, -0.15) is 0 Å². The van der Waals surface area contributed by atoms with E-state index in [1.165, 1.54) is 20.0 Å². The second-order valence-corrected chi connectivity index (χ2v) is 1.14. The lowest BCUT2D eigenvalue weighted by Crippen LogP contribution is -1.69. The van der Waals surface area contributed by atoms with E-state index in [2.05, 4.69) is 12.3 Å². The van der Waals surface area contributed by atoms with E-state index in [-0.39, 0.29) is 5.78 Å². The standard InChI is InChI=1S/C3H6O.C2H5N/c1-3(2)4;1-2-3/h1-2H3;2H,1,3H2. The molecule has 42 valence electrons. The first kappa shape index (κ1) is 9.51. The van der Waals surface area contributed by atoms with Crippen molar-refractivity contribution in [3.8, 4) is 0 Å². The molecule has 0 saturated heterocycles. The normalized spacial score (nSPS) is 5.43. The SMILES string of the molecule is C=CN.CC(C)=O. The maximum absolute atomic E-state index is 9.44. The number of carbonyl (C=O) groups excluding carboxylic acids is 1. The molecule has 2 heteroatoms. The van der Waals surface area contributed by atoms with E-state index in [4.69, 9.17) is 0 Å². The monoisotopic (exact) mass is 101 g/mol. The Morgan fingerprint density at radius 3 is 1.71 bits per heavy atom. The average Bonchev–Trinajstić information content (AvgIpc) is 1.33. The van der Waals surface area contributed by atoms with E-state index in [9.17, 15) is 4.79 Å². The molecule has 0 aromatic rings. The first-order chi connectivity index (χ1) is 3.15. The molecular weight excluding hydrogens is 90.1 g/mol. The van der Waals surface area contributed by atoms with E-state index in [1.54, 1.807) is 0 Å². The molecule has 0 saturated carbocycles. The second-order valence-electron chi connectivity index (χ2n) is 1.14. The van der Waals surface area contributed by atoms with Gasteiger partial charge < -0.3 is 10.5 Å². The smallest absolute Gasteiger partial charge is 0.126 e. The van der Waals surface area contributed by atoms with Gasteiger partial charge in [0.2, 0.25) is 0 Å². The van der Waals surface area contributed by atoms with Crippen molar-refractivity contribution < 1.29 is 4.79 Å². The lowest BCUT2D eigenvalue weighted by molar-refractivity contribution is -0.114. The highest BCUT2D eigenvalue weighted by Gasteiger charge is 1.62. The van der Waals surface area contributed by atoms with Gasteiger partial charge in [-0.1, -0.05) is 6.58 Å². The Labute approximate surface area is 44.0 Å². The van der Waals surface area contributed by atoms with Gasteiger partial charge in [0.1, 0.15) is 5.78 Å². The summed E-state index contributed by atoms with van der Waals surface area (Å²) in [6.07, 6.45) is 1.25. The summed E-state index contributed by atoms with van der Waals surface area (Å²) >= 11 is 0. The molecule has 0 aliphatic heterocycles. The molecule has 0 amide bonds. The summed E-state index contributed by atoms with van der Waals surface area (Å²) in [4.78, 5) is 9.44. The third kappa shape index (κ3) is 86.0. The molecule has 0 spiro atoms. The Hall–Kier alpha value is -0.790. The van der Waals surface area contributed by atoms with Gasteiger partial charge in [0, 0.05) is 0 Å². The molecule has 0 atom stereocenters. The molecule has 0 unspecified atom stereocenters. The molecule has 0 fully saturated rings. The first-order valence-electron chi connectivity index (χ1n) is 1.95.